The predicted octanol–water partition coefficient (Wildman–Crippen LogP) is 19.0. The van der Waals surface area contributed by atoms with Crippen LogP contribution in [0.2, 0.25) is 0 Å². The van der Waals surface area contributed by atoms with E-state index in [1.807, 2.05) is 0 Å². The van der Waals surface area contributed by atoms with Crippen LogP contribution in [0.15, 0.2) is 285 Å². The van der Waals surface area contributed by atoms with Gasteiger partial charge in [0, 0.05) is 17.1 Å². The molecule has 0 unspecified atom stereocenters. The van der Waals surface area contributed by atoms with E-state index >= 15 is 0 Å². The molecule has 0 atom stereocenters. The molecule has 0 radical (unpaired) electrons. The minimum atomic E-state index is -0.480. The van der Waals surface area contributed by atoms with Gasteiger partial charge in [0.25, 0.3) is 0 Å². The van der Waals surface area contributed by atoms with Crippen molar-refractivity contribution in [3.63, 3.8) is 0 Å². The van der Waals surface area contributed by atoms with Crippen molar-refractivity contribution < 1.29 is 0 Å². The van der Waals surface area contributed by atoms with Crippen LogP contribution in [0.3, 0.4) is 0 Å². The van der Waals surface area contributed by atoms with E-state index < -0.39 is 5.41 Å². The zero-order valence-corrected chi connectivity index (χ0v) is 39.6. The molecule has 1 nitrogen and oxygen atoms in total. The lowest BCUT2D eigenvalue weighted by Gasteiger charge is -2.32. The zero-order valence-electron chi connectivity index (χ0n) is 39.6. The Morgan fingerprint density at radius 2 is 0.611 bits per heavy atom. The smallest absolute Gasteiger partial charge is 0.0726 e. The van der Waals surface area contributed by atoms with E-state index in [1.165, 1.54) is 105 Å². The molecule has 0 fully saturated rings. The molecular weight excluding hydrogens is 867 g/mol. The van der Waals surface area contributed by atoms with Crippen LogP contribution in [0.1, 0.15) is 22.3 Å². The molecule has 0 bridgehead atoms. The van der Waals surface area contributed by atoms with Gasteiger partial charge in [0.15, 0.2) is 0 Å². The number of anilines is 3. The second-order valence-electron chi connectivity index (χ2n) is 19.1. The molecular formula is C71H47N. The molecule has 12 aromatic rings. The molecule has 0 saturated heterocycles. The van der Waals surface area contributed by atoms with E-state index in [9.17, 15) is 0 Å². The van der Waals surface area contributed by atoms with Gasteiger partial charge in [0.2, 0.25) is 0 Å². The van der Waals surface area contributed by atoms with Crippen molar-refractivity contribution in [3.05, 3.63) is 307 Å². The number of rotatable bonds is 8. The van der Waals surface area contributed by atoms with Crippen molar-refractivity contribution in [3.8, 4) is 77.9 Å². The molecule has 0 N–H and O–H groups in total. The zero-order chi connectivity index (χ0) is 47.6. The SMILES string of the molecule is c1ccc(-c2ccccc2-c2c(-c3ccccc3)cccc2-c2cccc(N(c3cccc(-c4cccc5ccccc45)c3)c3ccc4c(c3)C3(c5ccccc5-c5ccccc53)c3ccccc3-4)c2)cc1. The molecule has 72 heavy (non-hydrogen) atoms. The standard InChI is InChI=1S/C71H47N/c1-3-21-48(22-4-1)57-32-9-10-36-65(57)70-59(50-23-5-2-6-24-50)38-20-39-60(70)52-28-18-30-54(46-52)72(53-29-17-27-51(45-53)58-37-19-26-49-25-7-8-31-56(49)58)55-43-44-64-63-35-13-16-42-68(63)71(69(64)47-55)66-40-14-11-33-61(66)62-34-12-15-41-67(62)71/h1-47H. The third-order valence-corrected chi connectivity index (χ3v) is 15.3. The van der Waals surface area contributed by atoms with Crippen LogP contribution in [0.4, 0.5) is 17.1 Å². The minimum absolute atomic E-state index is 0.480. The highest BCUT2D eigenvalue weighted by atomic mass is 15.1. The van der Waals surface area contributed by atoms with Gasteiger partial charge >= 0.3 is 0 Å². The summed E-state index contributed by atoms with van der Waals surface area (Å²) < 4.78 is 0. The first-order valence-corrected chi connectivity index (χ1v) is 25.0. The number of benzene rings is 12. The topological polar surface area (TPSA) is 3.24 Å². The maximum absolute atomic E-state index is 2.50. The first-order chi connectivity index (χ1) is 35.7. The second-order valence-corrected chi connectivity index (χ2v) is 19.1. The lowest BCUT2D eigenvalue weighted by Crippen LogP contribution is -2.26. The van der Waals surface area contributed by atoms with Crippen molar-refractivity contribution in [1.29, 1.82) is 0 Å². The Morgan fingerprint density at radius 3 is 1.24 bits per heavy atom. The largest absolute Gasteiger partial charge is 0.310 e. The van der Waals surface area contributed by atoms with Crippen molar-refractivity contribution in [2.75, 3.05) is 4.90 Å². The summed E-state index contributed by atoms with van der Waals surface area (Å²) in [4.78, 5) is 2.49. The van der Waals surface area contributed by atoms with Crippen LogP contribution in [0.5, 0.6) is 0 Å². The van der Waals surface area contributed by atoms with Gasteiger partial charge in [-0.25, -0.2) is 0 Å². The van der Waals surface area contributed by atoms with Crippen molar-refractivity contribution in [2.45, 2.75) is 5.41 Å². The quantitative estimate of drug-likeness (QED) is 0.147. The van der Waals surface area contributed by atoms with Crippen LogP contribution < -0.4 is 4.90 Å². The van der Waals surface area contributed by atoms with Crippen molar-refractivity contribution >= 4 is 27.8 Å². The van der Waals surface area contributed by atoms with E-state index in [0.29, 0.717) is 0 Å². The highest BCUT2D eigenvalue weighted by Gasteiger charge is 2.51. The molecule has 0 aromatic heterocycles. The third-order valence-electron chi connectivity index (χ3n) is 15.3. The summed E-state index contributed by atoms with van der Waals surface area (Å²) in [7, 11) is 0. The van der Waals surface area contributed by atoms with E-state index in [0.717, 1.165) is 22.6 Å². The van der Waals surface area contributed by atoms with Gasteiger partial charge in [-0.1, -0.05) is 249 Å². The number of hydrogen-bond acceptors (Lipinski definition) is 1. The highest BCUT2D eigenvalue weighted by Crippen LogP contribution is 2.63. The fourth-order valence-electron chi connectivity index (χ4n) is 12.3. The van der Waals surface area contributed by atoms with Crippen LogP contribution in [-0.2, 0) is 5.41 Å². The van der Waals surface area contributed by atoms with E-state index in [1.54, 1.807) is 0 Å². The normalized spacial score (nSPS) is 12.6. The Labute approximate surface area is 421 Å². The second kappa shape index (κ2) is 17.0. The number of fused-ring (bicyclic) bond motifs is 11. The van der Waals surface area contributed by atoms with Gasteiger partial charge in [-0.2, -0.15) is 0 Å². The summed E-state index contributed by atoms with van der Waals surface area (Å²) >= 11 is 0. The molecule has 336 valence electrons. The van der Waals surface area contributed by atoms with Gasteiger partial charge in [0.1, 0.15) is 0 Å². The average molecular weight is 914 g/mol. The van der Waals surface area contributed by atoms with Crippen LogP contribution in [0, 0.1) is 0 Å². The maximum atomic E-state index is 2.50. The molecule has 0 aliphatic heterocycles. The molecule has 14 rings (SSSR count). The van der Waals surface area contributed by atoms with Gasteiger partial charge in [-0.05, 0) is 147 Å². The average Bonchev–Trinajstić information content (AvgIpc) is 3.93. The van der Waals surface area contributed by atoms with Gasteiger partial charge in [0.05, 0.1) is 5.41 Å². The Bertz CT molecular complexity index is 3980. The van der Waals surface area contributed by atoms with Crippen molar-refractivity contribution in [1.82, 2.24) is 0 Å². The lowest BCUT2D eigenvalue weighted by molar-refractivity contribution is 0.793. The monoisotopic (exact) mass is 913 g/mol. The van der Waals surface area contributed by atoms with Crippen LogP contribution in [0.25, 0.3) is 88.7 Å². The molecule has 0 saturated carbocycles. The first kappa shape index (κ1) is 41.7. The Balaban J connectivity index is 1.01. The lowest BCUT2D eigenvalue weighted by atomic mass is 9.70. The summed E-state index contributed by atoms with van der Waals surface area (Å²) in [5.74, 6) is 0. The fraction of sp³-hybridized carbons (Fsp3) is 0.0141. The van der Waals surface area contributed by atoms with Crippen molar-refractivity contribution in [2.24, 2.45) is 0 Å². The molecule has 1 spiro atoms. The molecule has 1 heteroatoms. The third kappa shape index (κ3) is 6.48. The summed E-state index contributed by atoms with van der Waals surface area (Å²) in [6.07, 6.45) is 0. The summed E-state index contributed by atoms with van der Waals surface area (Å²) in [5.41, 5.74) is 25.1. The molecule has 2 aliphatic carbocycles. The summed E-state index contributed by atoms with van der Waals surface area (Å²) in [6.45, 7) is 0. The highest BCUT2D eigenvalue weighted by molar-refractivity contribution is 6.02. The number of hydrogen-bond donors (Lipinski definition) is 0. The van der Waals surface area contributed by atoms with Gasteiger partial charge in [-0.3, -0.25) is 0 Å². The summed E-state index contributed by atoms with van der Waals surface area (Å²) in [6, 6.07) is 105. The first-order valence-electron chi connectivity index (χ1n) is 25.0. The molecule has 0 amide bonds. The Hall–Kier alpha value is -9.30. The predicted molar refractivity (Wildman–Crippen MR) is 302 cm³/mol. The van der Waals surface area contributed by atoms with E-state index in [2.05, 4.69) is 290 Å². The van der Waals surface area contributed by atoms with Crippen LogP contribution >= 0.6 is 0 Å². The Morgan fingerprint density at radius 1 is 0.222 bits per heavy atom. The maximum Gasteiger partial charge on any atom is 0.0726 e. The molecule has 12 aromatic carbocycles. The molecule has 2 aliphatic rings. The van der Waals surface area contributed by atoms with Crippen LogP contribution in [-0.4, -0.2) is 0 Å². The fourth-order valence-corrected chi connectivity index (χ4v) is 12.3. The van der Waals surface area contributed by atoms with Gasteiger partial charge in [-0.15, -0.1) is 0 Å². The van der Waals surface area contributed by atoms with E-state index in [-0.39, 0.29) is 0 Å². The molecule has 0 heterocycles. The Kier molecular flexibility index (Phi) is 9.82. The van der Waals surface area contributed by atoms with E-state index in [4.69, 9.17) is 0 Å². The minimum Gasteiger partial charge on any atom is -0.310 e. The number of nitrogens with zero attached hydrogens (tertiary/aromatic N) is 1. The summed E-state index contributed by atoms with van der Waals surface area (Å²) in [5, 5.41) is 2.47. The van der Waals surface area contributed by atoms with Gasteiger partial charge < -0.3 is 4.90 Å².